The van der Waals surface area contributed by atoms with E-state index in [0.717, 1.165) is 10.9 Å². The Morgan fingerprint density at radius 2 is 1.85 bits per heavy atom. The van der Waals surface area contributed by atoms with Crippen LogP contribution in [0.4, 0.5) is 4.39 Å². The first kappa shape index (κ1) is 18.3. The van der Waals surface area contributed by atoms with Crippen LogP contribution in [-0.4, -0.2) is 40.5 Å². The number of alkyl halides is 1. The van der Waals surface area contributed by atoms with Crippen molar-refractivity contribution in [3.63, 3.8) is 0 Å². The predicted octanol–water partition coefficient (Wildman–Crippen LogP) is 4.77. The summed E-state index contributed by atoms with van der Waals surface area (Å²) in [5.41, 5.74) is 2.00. The molecule has 3 aromatic rings. The number of fused-ring (bicyclic) bond motifs is 1. The van der Waals surface area contributed by atoms with Gasteiger partial charge in [-0.15, -0.1) is 0 Å². The van der Waals surface area contributed by atoms with Gasteiger partial charge >= 0.3 is 0 Å². The maximum atomic E-state index is 12.8. The Morgan fingerprint density at radius 3 is 2.58 bits per heavy atom. The summed E-state index contributed by atoms with van der Waals surface area (Å²) in [6.45, 7) is 1.32. The molecule has 1 amide bonds. The SMILES string of the molecule is CC(CCF)N(C)C(=O)c1nc(-c2ccccc2Cl)c2ccccc2n1. The van der Waals surface area contributed by atoms with Crippen molar-refractivity contribution in [2.24, 2.45) is 0 Å². The van der Waals surface area contributed by atoms with Gasteiger partial charge in [0.2, 0.25) is 5.82 Å². The average molecular weight is 372 g/mol. The monoisotopic (exact) mass is 371 g/mol. The van der Waals surface area contributed by atoms with E-state index in [1.165, 1.54) is 4.90 Å². The number of hydrogen-bond acceptors (Lipinski definition) is 3. The van der Waals surface area contributed by atoms with Gasteiger partial charge in [-0.3, -0.25) is 9.18 Å². The van der Waals surface area contributed by atoms with Crippen molar-refractivity contribution in [2.75, 3.05) is 13.7 Å². The molecular formula is C20H19ClFN3O. The number of carbonyl (C=O) groups is 1. The first-order chi connectivity index (χ1) is 12.5. The zero-order valence-electron chi connectivity index (χ0n) is 14.6. The van der Waals surface area contributed by atoms with Crippen LogP contribution < -0.4 is 0 Å². The molecule has 0 N–H and O–H groups in total. The molecule has 1 aromatic heterocycles. The Morgan fingerprint density at radius 1 is 1.15 bits per heavy atom. The van der Waals surface area contributed by atoms with Gasteiger partial charge in [0.15, 0.2) is 0 Å². The molecule has 0 bridgehead atoms. The van der Waals surface area contributed by atoms with Crippen LogP contribution in [-0.2, 0) is 0 Å². The minimum atomic E-state index is -0.484. The number of para-hydroxylation sites is 1. The minimum Gasteiger partial charge on any atom is -0.336 e. The molecule has 0 saturated heterocycles. The summed E-state index contributed by atoms with van der Waals surface area (Å²) in [6.07, 6.45) is 0.271. The van der Waals surface area contributed by atoms with Crippen LogP contribution in [0.5, 0.6) is 0 Å². The molecule has 6 heteroatoms. The first-order valence-corrected chi connectivity index (χ1v) is 8.75. The third kappa shape index (κ3) is 3.53. The van der Waals surface area contributed by atoms with Gasteiger partial charge in [0.05, 0.1) is 17.9 Å². The third-order valence-electron chi connectivity index (χ3n) is 4.43. The van der Waals surface area contributed by atoms with E-state index in [0.29, 0.717) is 16.2 Å². The van der Waals surface area contributed by atoms with E-state index in [1.807, 2.05) is 42.5 Å². The van der Waals surface area contributed by atoms with Crippen molar-refractivity contribution in [1.29, 1.82) is 0 Å². The molecule has 0 aliphatic rings. The van der Waals surface area contributed by atoms with E-state index in [4.69, 9.17) is 11.6 Å². The highest BCUT2D eigenvalue weighted by Gasteiger charge is 2.22. The molecule has 2 aromatic carbocycles. The number of benzene rings is 2. The molecule has 26 heavy (non-hydrogen) atoms. The molecule has 1 unspecified atom stereocenters. The third-order valence-corrected chi connectivity index (χ3v) is 4.76. The predicted molar refractivity (Wildman–Crippen MR) is 102 cm³/mol. The lowest BCUT2D eigenvalue weighted by Crippen LogP contribution is -2.36. The van der Waals surface area contributed by atoms with Crippen molar-refractivity contribution in [3.8, 4) is 11.3 Å². The Balaban J connectivity index is 2.14. The normalized spacial score (nSPS) is 12.2. The van der Waals surface area contributed by atoms with E-state index in [1.54, 1.807) is 20.0 Å². The van der Waals surface area contributed by atoms with E-state index >= 15 is 0 Å². The minimum absolute atomic E-state index is 0.0758. The molecule has 4 nitrogen and oxygen atoms in total. The molecule has 0 saturated carbocycles. The Kier molecular flexibility index (Phi) is 5.47. The molecule has 1 heterocycles. The zero-order chi connectivity index (χ0) is 18.7. The van der Waals surface area contributed by atoms with Gasteiger partial charge in [-0.25, -0.2) is 9.97 Å². The number of aromatic nitrogens is 2. The summed E-state index contributed by atoms with van der Waals surface area (Å²) in [7, 11) is 1.64. The van der Waals surface area contributed by atoms with Crippen molar-refractivity contribution in [3.05, 3.63) is 59.4 Å². The summed E-state index contributed by atoms with van der Waals surface area (Å²) in [5.74, 6) is -0.267. The largest absolute Gasteiger partial charge is 0.336 e. The van der Waals surface area contributed by atoms with Gasteiger partial charge < -0.3 is 4.90 Å². The van der Waals surface area contributed by atoms with Crippen LogP contribution >= 0.6 is 11.6 Å². The van der Waals surface area contributed by atoms with Crippen LogP contribution in [0.25, 0.3) is 22.2 Å². The molecule has 3 rings (SSSR count). The van der Waals surface area contributed by atoms with Crippen LogP contribution in [0.1, 0.15) is 24.0 Å². The summed E-state index contributed by atoms with van der Waals surface area (Å²) in [5, 5.41) is 1.37. The lowest BCUT2D eigenvalue weighted by molar-refractivity contribution is 0.0720. The number of halogens is 2. The fourth-order valence-electron chi connectivity index (χ4n) is 2.74. The van der Waals surface area contributed by atoms with Crippen molar-refractivity contribution in [1.82, 2.24) is 14.9 Å². The molecule has 134 valence electrons. The maximum absolute atomic E-state index is 12.8. The number of hydrogen-bond donors (Lipinski definition) is 0. The van der Waals surface area contributed by atoms with Gasteiger partial charge in [-0.05, 0) is 25.5 Å². The lowest BCUT2D eigenvalue weighted by atomic mass is 10.1. The lowest BCUT2D eigenvalue weighted by Gasteiger charge is -2.23. The molecule has 1 atom stereocenters. The smallest absolute Gasteiger partial charge is 0.291 e. The van der Waals surface area contributed by atoms with Crippen molar-refractivity contribution < 1.29 is 9.18 Å². The Labute approximate surface area is 156 Å². The summed E-state index contributed by atoms with van der Waals surface area (Å²) >= 11 is 6.35. The van der Waals surface area contributed by atoms with E-state index < -0.39 is 6.67 Å². The highest BCUT2D eigenvalue weighted by Crippen LogP contribution is 2.31. The molecular weight excluding hydrogens is 353 g/mol. The van der Waals surface area contributed by atoms with Gasteiger partial charge in [-0.2, -0.15) is 0 Å². The van der Waals surface area contributed by atoms with E-state index in [2.05, 4.69) is 9.97 Å². The standard InChI is InChI=1S/C20H19ClFN3O/c1-13(11-12-22)25(2)20(26)19-23-17-10-6-4-8-15(17)18(24-19)14-7-3-5-9-16(14)21/h3-10,13H,11-12H2,1-2H3. The molecule has 0 aliphatic heterocycles. The second-order valence-corrected chi connectivity index (χ2v) is 6.54. The van der Waals surface area contributed by atoms with Crippen molar-refractivity contribution in [2.45, 2.75) is 19.4 Å². The van der Waals surface area contributed by atoms with Gasteiger partial charge in [0, 0.05) is 29.1 Å². The number of rotatable bonds is 5. The second kappa shape index (κ2) is 7.79. The van der Waals surface area contributed by atoms with Gasteiger partial charge in [0.25, 0.3) is 5.91 Å². The zero-order valence-corrected chi connectivity index (χ0v) is 15.4. The van der Waals surface area contributed by atoms with Crippen LogP contribution in [0.2, 0.25) is 5.02 Å². The second-order valence-electron chi connectivity index (χ2n) is 6.14. The van der Waals surface area contributed by atoms with Crippen LogP contribution in [0.15, 0.2) is 48.5 Å². The van der Waals surface area contributed by atoms with Crippen LogP contribution in [0.3, 0.4) is 0 Å². The Bertz CT molecular complexity index is 947. The number of carbonyl (C=O) groups excluding carboxylic acids is 1. The molecule has 0 fully saturated rings. The van der Waals surface area contributed by atoms with E-state index in [9.17, 15) is 9.18 Å². The van der Waals surface area contributed by atoms with Gasteiger partial charge in [-0.1, -0.05) is 48.0 Å². The van der Waals surface area contributed by atoms with E-state index in [-0.39, 0.29) is 24.2 Å². The number of nitrogens with zero attached hydrogens (tertiary/aromatic N) is 3. The van der Waals surface area contributed by atoms with Gasteiger partial charge in [0.1, 0.15) is 0 Å². The first-order valence-electron chi connectivity index (χ1n) is 8.37. The summed E-state index contributed by atoms with van der Waals surface area (Å²) < 4.78 is 12.6. The molecule has 0 radical (unpaired) electrons. The maximum Gasteiger partial charge on any atom is 0.291 e. The molecule has 0 aliphatic carbocycles. The van der Waals surface area contributed by atoms with Crippen LogP contribution in [0, 0.1) is 0 Å². The summed E-state index contributed by atoms with van der Waals surface area (Å²) in [4.78, 5) is 23.2. The number of amides is 1. The molecule has 0 spiro atoms. The average Bonchev–Trinajstić information content (AvgIpc) is 2.66. The highest BCUT2D eigenvalue weighted by molar-refractivity contribution is 6.33. The van der Waals surface area contributed by atoms with Crippen molar-refractivity contribution >= 4 is 28.4 Å². The fourth-order valence-corrected chi connectivity index (χ4v) is 2.97. The quantitative estimate of drug-likeness (QED) is 0.649. The summed E-state index contributed by atoms with van der Waals surface area (Å²) in [6, 6.07) is 14.6. The Hall–Kier alpha value is -2.53. The topological polar surface area (TPSA) is 46.1 Å². The fraction of sp³-hybridized carbons (Fsp3) is 0.250. The highest BCUT2D eigenvalue weighted by atomic mass is 35.5.